The minimum absolute atomic E-state index is 0.0537. The number of benzene rings is 2. The molecule has 6 nitrogen and oxygen atoms in total. The van der Waals surface area contributed by atoms with Crippen LogP contribution in [0.5, 0.6) is 0 Å². The number of carbonyl (C=O) groups is 1. The van der Waals surface area contributed by atoms with Crippen LogP contribution < -0.4 is 5.32 Å². The van der Waals surface area contributed by atoms with Crippen molar-refractivity contribution in [2.24, 2.45) is 0 Å². The van der Waals surface area contributed by atoms with E-state index in [1.807, 2.05) is 0 Å². The predicted octanol–water partition coefficient (Wildman–Crippen LogP) is 3.13. The van der Waals surface area contributed by atoms with E-state index in [1.165, 1.54) is 31.4 Å². The Balaban J connectivity index is 2.29. The largest absolute Gasteiger partial charge is 0.465 e. The second-order valence-electron chi connectivity index (χ2n) is 4.43. The number of ether oxygens (including phenoxy) is 1. The highest BCUT2D eigenvalue weighted by molar-refractivity contribution is 5.91. The standard InChI is InChI=1S/C15H13FN2O4/c1-22-15(19)10-6-7-14(18(20)21)13(8-10)17-9-11-4-2-3-5-12(11)16/h2-8,17H,9H2,1H3. The van der Waals surface area contributed by atoms with Gasteiger partial charge in [-0.05, 0) is 18.2 Å². The third kappa shape index (κ3) is 3.38. The van der Waals surface area contributed by atoms with Gasteiger partial charge in [0.05, 0.1) is 17.6 Å². The minimum atomic E-state index is -0.608. The van der Waals surface area contributed by atoms with Gasteiger partial charge in [-0.1, -0.05) is 18.2 Å². The first kappa shape index (κ1) is 15.4. The maximum atomic E-state index is 13.6. The van der Waals surface area contributed by atoms with Gasteiger partial charge in [0.25, 0.3) is 5.69 Å². The van der Waals surface area contributed by atoms with E-state index in [9.17, 15) is 19.3 Å². The SMILES string of the molecule is COC(=O)c1ccc([N+](=O)[O-])c(NCc2ccccc2F)c1. The van der Waals surface area contributed by atoms with Crippen LogP contribution in [0.3, 0.4) is 0 Å². The van der Waals surface area contributed by atoms with Crippen molar-refractivity contribution in [2.45, 2.75) is 6.54 Å². The zero-order chi connectivity index (χ0) is 16.1. The lowest BCUT2D eigenvalue weighted by molar-refractivity contribution is -0.384. The molecule has 0 heterocycles. The summed E-state index contributed by atoms with van der Waals surface area (Å²) < 4.78 is 18.1. The summed E-state index contributed by atoms with van der Waals surface area (Å²) in [5.74, 6) is -1.02. The molecule has 0 saturated heterocycles. The van der Waals surface area contributed by atoms with Crippen molar-refractivity contribution in [1.29, 1.82) is 0 Å². The fourth-order valence-electron chi connectivity index (χ4n) is 1.91. The van der Waals surface area contributed by atoms with Crippen molar-refractivity contribution < 1.29 is 18.8 Å². The highest BCUT2D eigenvalue weighted by atomic mass is 19.1. The monoisotopic (exact) mass is 304 g/mol. The van der Waals surface area contributed by atoms with Gasteiger partial charge in [-0.15, -0.1) is 0 Å². The van der Waals surface area contributed by atoms with Crippen LogP contribution in [0, 0.1) is 15.9 Å². The van der Waals surface area contributed by atoms with Crippen LogP contribution in [0.4, 0.5) is 15.8 Å². The molecule has 0 saturated carbocycles. The molecule has 0 spiro atoms. The van der Waals surface area contributed by atoms with Gasteiger partial charge in [0.2, 0.25) is 0 Å². The summed E-state index contributed by atoms with van der Waals surface area (Å²) in [7, 11) is 1.22. The fourth-order valence-corrected chi connectivity index (χ4v) is 1.91. The summed E-state index contributed by atoms with van der Waals surface area (Å²) >= 11 is 0. The topological polar surface area (TPSA) is 81.5 Å². The number of nitro benzene ring substituents is 1. The van der Waals surface area contributed by atoms with Crippen LogP contribution in [-0.2, 0) is 11.3 Å². The summed E-state index contributed by atoms with van der Waals surface area (Å²) in [6.07, 6.45) is 0. The number of anilines is 1. The van der Waals surface area contributed by atoms with Crippen molar-refractivity contribution >= 4 is 17.3 Å². The molecule has 0 aromatic heterocycles. The molecule has 0 amide bonds. The molecular weight excluding hydrogens is 291 g/mol. The van der Waals surface area contributed by atoms with Gasteiger partial charge < -0.3 is 10.1 Å². The van der Waals surface area contributed by atoms with Crippen molar-refractivity contribution in [2.75, 3.05) is 12.4 Å². The third-order valence-electron chi connectivity index (χ3n) is 3.04. The van der Waals surface area contributed by atoms with Crippen LogP contribution in [-0.4, -0.2) is 18.0 Å². The molecule has 0 aliphatic rings. The van der Waals surface area contributed by atoms with Crippen molar-refractivity contribution in [1.82, 2.24) is 0 Å². The Bertz CT molecular complexity index is 718. The van der Waals surface area contributed by atoms with E-state index in [0.29, 0.717) is 5.56 Å². The molecule has 7 heteroatoms. The smallest absolute Gasteiger partial charge is 0.337 e. The Morgan fingerprint density at radius 3 is 2.68 bits per heavy atom. The fraction of sp³-hybridized carbons (Fsp3) is 0.133. The average molecular weight is 304 g/mol. The molecule has 0 atom stereocenters. The molecule has 0 aliphatic heterocycles. The molecular formula is C15H13FN2O4. The number of methoxy groups -OCH3 is 1. The van der Waals surface area contributed by atoms with Gasteiger partial charge in [-0.3, -0.25) is 10.1 Å². The van der Waals surface area contributed by atoms with Crippen LogP contribution in [0.2, 0.25) is 0 Å². The molecule has 22 heavy (non-hydrogen) atoms. The first-order chi connectivity index (χ1) is 10.5. The quantitative estimate of drug-likeness (QED) is 0.521. The number of hydrogen-bond acceptors (Lipinski definition) is 5. The highest BCUT2D eigenvalue weighted by Crippen LogP contribution is 2.26. The Morgan fingerprint density at radius 1 is 1.32 bits per heavy atom. The van der Waals surface area contributed by atoms with Crippen LogP contribution in [0.15, 0.2) is 42.5 Å². The molecule has 2 aromatic carbocycles. The Labute approximate surface area is 125 Å². The summed E-state index contributed by atoms with van der Waals surface area (Å²) in [6, 6.07) is 9.91. The lowest BCUT2D eigenvalue weighted by Crippen LogP contribution is -2.07. The minimum Gasteiger partial charge on any atom is -0.465 e. The normalized spacial score (nSPS) is 10.1. The number of carbonyl (C=O) groups excluding carboxylic acids is 1. The van der Waals surface area contributed by atoms with E-state index in [2.05, 4.69) is 10.1 Å². The first-order valence-electron chi connectivity index (χ1n) is 6.37. The molecule has 1 N–H and O–H groups in total. The lowest BCUT2D eigenvalue weighted by Gasteiger charge is -2.09. The van der Waals surface area contributed by atoms with Crippen molar-refractivity contribution in [3.05, 3.63) is 69.5 Å². The number of halogens is 1. The molecule has 0 radical (unpaired) electrons. The maximum Gasteiger partial charge on any atom is 0.337 e. The van der Waals surface area contributed by atoms with Gasteiger partial charge in [0.15, 0.2) is 0 Å². The van der Waals surface area contributed by atoms with Crippen molar-refractivity contribution in [3.63, 3.8) is 0 Å². The van der Waals surface area contributed by atoms with Gasteiger partial charge in [0, 0.05) is 18.2 Å². The van der Waals surface area contributed by atoms with Crippen molar-refractivity contribution in [3.8, 4) is 0 Å². The van der Waals surface area contributed by atoms with Crippen LogP contribution in [0.25, 0.3) is 0 Å². The number of esters is 1. The van der Waals surface area contributed by atoms with Gasteiger partial charge >= 0.3 is 5.97 Å². The molecule has 2 rings (SSSR count). The first-order valence-corrected chi connectivity index (χ1v) is 6.37. The molecule has 0 fully saturated rings. The van der Waals surface area contributed by atoms with Gasteiger partial charge in [-0.25, -0.2) is 9.18 Å². The molecule has 0 bridgehead atoms. The van der Waals surface area contributed by atoms with Crippen LogP contribution in [0.1, 0.15) is 15.9 Å². The summed E-state index contributed by atoms with van der Waals surface area (Å²) in [5, 5.41) is 13.8. The molecule has 2 aromatic rings. The Kier molecular flexibility index (Phi) is 4.67. The molecule has 0 aliphatic carbocycles. The summed E-state index contributed by atoms with van der Waals surface area (Å²) in [6.45, 7) is 0.0537. The predicted molar refractivity (Wildman–Crippen MR) is 78.2 cm³/mol. The summed E-state index contributed by atoms with van der Waals surface area (Å²) in [5.41, 5.74) is 0.449. The van der Waals surface area contributed by atoms with E-state index < -0.39 is 16.7 Å². The van der Waals surface area contributed by atoms with E-state index in [-0.39, 0.29) is 23.5 Å². The van der Waals surface area contributed by atoms with Crippen LogP contribution >= 0.6 is 0 Å². The molecule has 0 unspecified atom stereocenters. The van der Waals surface area contributed by atoms with E-state index >= 15 is 0 Å². The number of hydrogen-bond donors (Lipinski definition) is 1. The average Bonchev–Trinajstić information content (AvgIpc) is 2.53. The Morgan fingerprint density at radius 2 is 2.05 bits per heavy atom. The second kappa shape index (κ2) is 6.66. The molecule has 114 valence electrons. The highest BCUT2D eigenvalue weighted by Gasteiger charge is 2.17. The van der Waals surface area contributed by atoms with E-state index in [0.717, 1.165) is 0 Å². The number of nitrogens with one attached hydrogen (secondary N) is 1. The van der Waals surface area contributed by atoms with E-state index in [1.54, 1.807) is 18.2 Å². The number of nitro groups is 1. The zero-order valence-electron chi connectivity index (χ0n) is 11.7. The number of nitrogens with zero attached hydrogens (tertiary/aromatic N) is 1. The lowest BCUT2D eigenvalue weighted by atomic mass is 10.1. The van der Waals surface area contributed by atoms with Gasteiger partial charge in [-0.2, -0.15) is 0 Å². The zero-order valence-corrected chi connectivity index (χ0v) is 11.7. The third-order valence-corrected chi connectivity index (χ3v) is 3.04. The second-order valence-corrected chi connectivity index (χ2v) is 4.43. The Hall–Kier alpha value is -2.96. The number of rotatable bonds is 5. The van der Waals surface area contributed by atoms with E-state index in [4.69, 9.17) is 0 Å². The summed E-state index contributed by atoms with van der Waals surface area (Å²) in [4.78, 5) is 21.9. The maximum absolute atomic E-state index is 13.6. The van der Waals surface area contributed by atoms with Gasteiger partial charge in [0.1, 0.15) is 11.5 Å².